The molecule has 2 saturated heterocycles. The number of nitriles is 1. The van der Waals surface area contributed by atoms with Gasteiger partial charge in [0.15, 0.2) is 0 Å². The van der Waals surface area contributed by atoms with E-state index in [2.05, 4.69) is 11.4 Å². The molecule has 160 valence electrons. The normalized spacial score (nSPS) is 16.8. The molecule has 6 nitrogen and oxygen atoms in total. The molecule has 2 fully saturated rings. The lowest BCUT2D eigenvalue weighted by atomic mass is 9.88. The van der Waals surface area contributed by atoms with E-state index in [1.54, 1.807) is 6.07 Å². The molecule has 2 heterocycles. The number of piperidine rings is 1. The number of nitrogens with one attached hydrogen (secondary N) is 1. The number of hydrogen-bond donors (Lipinski definition) is 1. The van der Waals surface area contributed by atoms with Crippen LogP contribution in [0.1, 0.15) is 58.6 Å². The lowest BCUT2D eigenvalue weighted by Crippen LogP contribution is -2.38. The highest BCUT2D eigenvalue weighted by Crippen LogP contribution is 2.29. The van der Waals surface area contributed by atoms with Gasteiger partial charge in [0.25, 0.3) is 5.91 Å². The first-order valence-corrected chi connectivity index (χ1v) is 11.0. The zero-order valence-electron chi connectivity index (χ0n) is 17.9. The SMILES string of the molecule is Cc1ccc(NC(=O)N2CCCC2)cc1C(=O)N1CCC(c2ccc(C#N)cc2)CC1. The summed E-state index contributed by atoms with van der Waals surface area (Å²) in [4.78, 5) is 29.3. The average Bonchev–Trinajstić information content (AvgIpc) is 3.35. The van der Waals surface area contributed by atoms with E-state index in [9.17, 15) is 9.59 Å². The first-order valence-electron chi connectivity index (χ1n) is 11.0. The number of hydrogen-bond acceptors (Lipinski definition) is 3. The third-order valence-corrected chi connectivity index (χ3v) is 6.41. The van der Waals surface area contributed by atoms with Crippen molar-refractivity contribution in [3.63, 3.8) is 0 Å². The maximum Gasteiger partial charge on any atom is 0.321 e. The molecule has 0 aromatic heterocycles. The second kappa shape index (κ2) is 9.22. The number of benzene rings is 2. The van der Waals surface area contributed by atoms with Crippen molar-refractivity contribution in [1.82, 2.24) is 9.80 Å². The Balaban J connectivity index is 1.40. The van der Waals surface area contributed by atoms with E-state index >= 15 is 0 Å². The molecule has 2 aromatic rings. The minimum Gasteiger partial charge on any atom is -0.339 e. The first kappa shape index (κ1) is 20.9. The number of anilines is 1. The van der Waals surface area contributed by atoms with Crippen LogP contribution in [0.2, 0.25) is 0 Å². The van der Waals surface area contributed by atoms with Crippen LogP contribution in [-0.2, 0) is 0 Å². The Morgan fingerprint density at radius 3 is 2.29 bits per heavy atom. The van der Waals surface area contributed by atoms with Crippen LogP contribution in [0.4, 0.5) is 10.5 Å². The van der Waals surface area contributed by atoms with Crippen molar-refractivity contribution >= 4 is 17.6 Å². The molecule has 0 radical (unpaired) electrons. The van der Waals surface area contributed by atoms with Gasteiger partial charge in [-0.05, 0) is 73.9 Å². The molecule has 0 spiro atoms. The quantitative estimate of drug-likeness (QED) is 0.800. The van der Waals surface area contributed by atoms with Gasteiger partial charge in [0.05, 0.1) is 11.6 Å². The summed E-state index contributed by atoms with van der Waals surface area (Å²) < 4.78 is 0. The summed E-state index contributed by atoms with van der Waals surface area (Å²) in [6.07, 6.45) is 3.90. The molecule has 2 aliphatic heterocycles. The zero-order valence-corrected chi connectivity index (χ0v) is 17.9. The van der Waals surface area contributed by atoms with E-state index in [1.807, 2.05) is 53.1 Å². The van der Waals surface area contributed by atoms with E-state index in [0.717, 1.165) is 44.3 Å². The van der Waals surface area contributed by atoms with Crippen molar-refractivity contribution in [3.8, 4) is 6.07 Å². The van der Waals surface area contributed by atoms with Crippen molar-refractivity contribution < 1.29 is 9.59 Å². The molecule has 0 bridgehead atoms. The Morgan fingerprint density at radius 2 is 1.65 bits per heavy atom. The molecule has 0 aliphatic carbocycles. The number of carbonyl (C=O) groups excluding carboxylic acids is 2. The van der Waals surface area contributed by atoms with E-state index in [0.29, 0.717) is 35.8 Å². The topological polar surface area (TPSA) is 76.4 Å². The van der Waals surface area contributed by atoms with E-state index in [-0.39, 0.29) is 11.9 Å². The Kier molecular flexibility index (Phi) is 6.22. The van der Waals surface area contributed by atoms with Gasteiger partial charge in [0, 0.05) is 37.4 Å². The van der Waals surface area contributed by atoms with Crippen molar-refractivity contribution in [3.05, 3.63) is 64.7 Å². The predicted octanol–water partition coefficient (Wildman–Crippen LogP) is 4.51. The van der Waals surface area contributed by atoms with Crippen LogP contribution in [0.15, 0.2) is 42.5 Å². The summed E-state index contributed by atoms with van der Waals surface area (Å²) in [7, 11) is 0. The minimum atomic E-state index is -0.0945. The fraction of sp³-hybridized carbons (Fsp3) is 0.400. The minimum absolute atomic E-state index is 0.0213. The second-order valence-electron chi connectivity index (χ2n) is 8.45. The molecule has 0 saturated carbocycles. The highest BCUT2D eigenvalue weighted by atomic mass is 16.2. The van der Waals surface area contributed by atoms with E-state index in [1.165, 1.54) is 5.56 Å². The highest BCUT2D eigenvalue weighted by molar-refractivity contribution is 5.98. The molecule has 4 rings (SSSR count). The summed E-state index contributed by atoms with van der Waals surface area (Å²) in [5, 5.41) is 11.9. The molecule has 6 heteroatoms. The van der Waals surface area contributed by atoms with Crippen LogP contribution < -0.4 is 5.32 Å². The molecule has 1 N–H and O–H groups in total. The molecule has 2 aliphatic rings. The smallest absolute Gasteiger partial charge is 0.321 e. The number of likely N-dealkylation sites (tertiary alicyclic amines) is 2. The highest BCUT2D eigenvalue weighted by Gasteiger charge is 2.26. The average molecular weight is 417 g/mol. The van der Waals surface area contributed by atoms with Gasteiger partial charge >= 0.3 is 6.03 Å². The zero-order chi connectivity index (χ0) is 21.8. The predicted molar refractivity (Wildman–Crippen MR) is 120 cm³/mol. The summed E-state index contributed by atoms with van der Waals surface area (Å²) in [5.74, 6) is 0.428. The molecule has 0 atom stereocenters. The Morgan fingerprint density at radius 1 is 0.968 bits per heavy atom. The molecule has 0 unspecified atom stereocenters. The van der Waals surface area contributed by atoms with Crippen LogP contribution in [-0.4, -0.2) is 47.9 Å². The Labute approximate surface area is 183 Å². The van der Waals surface area contributed by atoms with Gasteiger partial charge in [-0.25, -0.2) is 4.79 Å². The standard InChI is InChI=1S/C25H28N4O2/c1-18-4-9-22(27-25(31)29-12-2-3-13-29)16-23(18)24(30)28-14-10-21(11-15-28)20-7-5-19(17-26)6-8-20/h4-9,16,21H,2-3,10-15H2,1H3,(H,27,31). The van der Waals surface area contributed by atoms with Crippen LogP contribution in [0.3, 0.4) is 0 Å². The van der Waals surface area contributed by atoms with Gasteiger partial charge < -0.3 is 15.1 Å². The van der Waals surface area contributed by atoms with E-state index in [4.69, 9.17) is 5.26 Å². The number of carbonyl (C=O) groups is 2. The monoisotopic (exact) mass is 416 g/mol. The van der Waals surface area contributed by atoms with Gasteiger partial charge in [-0.3, -0.25) is 4.79 Å². The van der Waals surface area contributed by atoms with Gasteiger partial charge in [-0.15, -0.1) is 0 Å². The summed E-state index contributed by atoms with van der Waals surface area (Å²) in [6, 6.07) is 15.4. The van der Waals surface area contributed by atoms with Crippen molar-refractivity contribution in [2.75, 3.05) is 31.5 Å². The largest absolute Gasteiger partial charge is 0.339 e. The van der Waals surface area contributed by atoms with Crippen molar-refractivity contribution in [2.24, 2.45) is 0 Å². The number of urea groups is 1. The maximum absolute atomic E-state index is 13.2. The van der Waals surface area contributed by atoms with E-state index < -0.39 is 0 Å². The van der Waals surface area contributed by atoms with Crippen LogP contribution in [0.25, 0.3) is 0 Å². The Hall–Kier alpha value is -3.33. The van der Waals surface area contributed by atoms with Gasteiger partial charge in [-0.1, -0.05) is 18.2 Å². The van der Waals surface area contributed by atoms with Crippen LogP contribution in [0, 0.1) is 18.3 Å². The summed E-state index contributed by atoms with van der Waals surface area (Å²) in [5.41, 5.74) is 4.13. The van der Waals surface area contributed by atoms with Crippen LogP contribution in [0.5, 0.6) is 0 Å². The molecule has 2 aromatic carbocycles. The molecule has 31 heavy (non-hydrogen) atoms. The van der Waals surface area contributed by atoms with Gasteiger partial charge in [0.2, 0.25) is 0 Å². The van der Waals surface area contributed by atoms with Crippen molar-refractivity contribution in [1.29, 1.82) is 5.26 Å². The number of aryl methyl sites for hydroxylation is 1. The maximum atomic E-state index is 13.2. The van der Waals surface area contributed by atoms with Crippen molar-refractivity contribution in [2.45, 2.75) is 38.5 Å². The number of amides is 3. The number of rotatable bonds is 3. The van der Waals surface area contributed by atoms with Gasteiger partial charge in [-0.2, -0.15) is 5.26 Å². The molecule has 3 amide bonds. The third-order valence-electron chi connectivity index (χ3n) is 6.41. The first-order chi connectivity index (χ1) is 15.0. The Bertz CT molecular complexity index is 995. The molecular weight excluding hydrogens is 388 g/mol. The summed E-state index contributed by atoms with van der Waals surface area (Å²) >= 11 is 0. The summed E-state index contributed by atoms with van der Waals surface area (Å²) in [6.45, 7) is 4.92. The second-order valence-corrected chi connectivity index (χ2v) is 8.45. The fourth-order valence-corrected chi connectivity index (χ4v) is 4.47. The van der Waals surface area contributed by atoms with Crippen LogP contribution >= 0.6 is 0 Å². The third kappa shape index (κ3) is 4.72. The fourth-order valence-electron chi connectivity index (χ4n) is 4.47. The molecular formula is C25H28N4O2. The number of nitrogens with zero attached hydrogens (tertiary/aromatic N) is 3. The van der Waals surface area contributed by atoms with Gasteiger partial charge in [0.1, 0.15) is 0 Å². The lowest BCUT2D eigenvalue weighted by Gasteiger charge is -2.32. The lowest BCUT2D eigenvalue weighted by molar-refractivity contribution is 0.0712.